The van der Waals surface area contributed by atoms with Crippen molar-refractivity contribution >= 4 is 43.6 Å². The first-order chi connectivity index (χ1) is 13.4. The number of carboxylic acids is 1. The highest BCUT2D eigenvalue weighted by atomic mass is 35.5. The highest BCUT2D eigenvalue weighted by Crippen LogP contribution is 2.28. The Balaban J connectivity index is 0. The van der Waals surface area contributed by atoms with Gasteiger partial charge < -0.3 is 36.0 Å². The number of methoxy groups -OCH3 is 1. The Hall–Kier alpha value is -1.27. The smallest absolute Gasteiger partial charge is 0.451 e. The van der Waals surface area contributed by atoms with Crippen molar-refractivity contribution in [3.8, 4) is 5.75 Å². The number of unbranched alkanes of at least 4 members (excludes halogenated alkanes) is 1. The number of carboxylic acid groups (broad SMARTS) is 1. The van der Waals surface area contributed by atoms with Crippen LogP contribution in [0.15, 0.2) is 24.3 Å². The van der Waals surface area contributed by atoms with Gasteiger partial charge in [-0.05, 0) is 31.3 Å². The first-order valence-electron chi connectivity index (χ1n) is 9.84. The number of carbonyl (C=O) groups is 1. The number of aliphatic carboxylic acids is 1. The van der Waals surface area contributed by atoms with E-state index in [1.54, 1.807) is 7.11 Å². The van der Waals surface area contributed by atoms with Gasteiger partial charge >= 0.3 is 13.1 Å². The van der Waals surface area contributed by atoms with Crippen LogP contribution < -0.4 is 15.4 Å². The SMILES string of the molecule is COc1ccccc1N1CCN(CCC(N)(CCCCB(O)O)C(=O)O)CC1.Cl.Cl.O. The highest BCUT2D eigenvalue weighted by molar-refractivity contribution is 6.40. The van der Waals surface area contributed by atoms with Gasteiger partial charge in [-0.3, -0.25) is 9.69 Å². The summed E-state index contributed by atoms with van der Waals surface area (Å²) in [6, 6.07) is 7.95. The van der Waals surface area contributed by atoms with Gasteiger partial charge in [0.2, 0.25) is 0 Å². The van der Waals surface area contributed by atoms with E-state index in [0.29, 0.717) is 32.2 Å². The molecule has 1 aliphatic heterocycles. The molecule has 0 radical (unpaired) electrons. The summed E-state index contributed by atoms with van der Waals surface area (Å²) in [5.74, 6) is -0.138. The molecule has 0 aromatic heterocycles. The molecule has 0 saturated carbocycles. The van der Waals surface area contributed by atoms with Gasteiger partial charge in [0.1, 0.15) is 11.3 Å². The van der Waals surface area contributed by atoms with Crippen molar-refractivity contribution in [1.82, 2.24) is 4.90 Å². The van der Waals surface area contributed by atoms with Crippen LogP contribution in [0.25, 0.3) is 0 Å². The summed E-state index contributed by atoms with van der Waals surface area (Å²) in [6.45, 7) is 4.00. The summed E-state index contributed by atoms with van der Waals surface area (Å²) in [7, 11) is 0.319. The van der Waals surface area contributed by atoms with Crippen molar-refractivity contribution < 1.29 is 30.2 Å². The van der Waals surface area contributed by atoms with Crippen LogP contribution in [0.2, 0.25) is 6.32 Å². The summed E-state index contributed by atoms with van der Waals surface area (Å²) in [4.78, 5) is 16.2. The number of para-hydroxylation sites is 2. The van der Waals surface area contributed by atoms with E-state index < -0.39 is 18.6 Å². The molecule has 0 bridgehead atoms. The van der Waals surface area contributed by atoms with Gasteiger partial charge in [0, 0.05) is 32.7 Å². The Kier molecular flexibility index (Phi) is 16.0. The fourth-order valence-corrected chi connectivity index (χ4v) is 3.57. The van der Waals surface area contributed by atoms with E-state index in [9.17, 15) is 9.90 Å². The molecule has 7 N–H and O–H groups in total. The minimum Gasteiger partial charge on any atom is -0.495 e. The average molecular weight is 484 g/mol. The Morgan fingerprint density at radius 2 is 1.74 bits per heavy atom. The van der Waals surface area contributed by atoms with Crippen molar-refractivity contribution in [3.63, 3.8) is 0 Å². The van der Waals surface area contributed by atoms with Crippen molar-refractivity contribution in [2.45, 2.75) is 37.5 Å². The number of piperazine rings is 1. The normalized spacial score (nSPS) is 15.5. The highest BCUT2D eigenvalue weighted by Gasteiger charge is 2.34. The number of ether oxygens (including phenoxy) is 1. The molecule has 9 nitrogen and oxygen atoms in total. The predicted octanol–water partition coefficient (Wildman–Crippen LogP) is 0.651. The van der Waals surface area contributed by atoms with Gasteiger partial charge in [-0.1, -0.05) is 25.0 Å². The monoisotopic (exact) mass is 483 g/mol. The molecule has 0 spiro atoms. The largest absolute Gasteiger partial charge is 0.495 e. The number of benzene rings is 1. The summed E-state index contributed by atoms with van der Waals surface area (Å²) >= 11 is 0. The van der Waals surface area contributed by atoms with Gasteiger partial charge in [0.05, 0.1) is 12.8 Å². The molecule has 0 amide bonds. The molecule has 1 unspecified atom stereocenters. The first-order valence-corrected chi connectivity index (χ1v) is 9.84. The summed E-state index contributed by atoms with van der Waals surface area (Å²) < 4.78 is 5.44. The van der Waals surface area contributed by atoms with Crippen molar-refractivity contribution in [3.05, 3.63) is 24.3 Å². The third-order valence-electron chi connectivity index (χ3n) is 5.43. The van der Waals surface area contributed by atoms with Crippen LogP contribution in [0.3, 0.4) is 0 Å². The van der Waals surface area contributed by atoms with Gasteiger partial charge in [0.25, 0.3) is 0 Å². The number of nitrogens with zero attached hydrogens (tertiary/aromatic N) is 2. The lowest BCUT2D eigenvalue weighted by molar-refractivity contribution is -0.144. The Morgan fingerprint density at radius 3 is 2.29 bits per heavy atom. The lowest BCUT2D eigenvalue weighted by Crippen LogP contribution is -2.52. The number of halogens is 2. The molecule has 1 saturated heterocycles. The number of rotatable bonds is 11. The summed E-state index contributed by atoms with van der Waals surface area (Å²) in [5.41, 5.74) is 5.95. The molecule has 2 rings (SSSR count). The Bertz CT molecular complexity index is 638. The third kappa shape index (κ3) is 9.82. The van der Waals surface area contributed by atoms with Gasteiger partial charge in [-0.2, -0.15) is 0 Å². The second-order valence-corrected chi connectivity index (χ2v) is 7.44. The average Bonchev–Trinajstić information content (AvgIpc) is 2.70. The molecule has 1 aromatic rings. The van der Waals surface area contributed by atoms with Crippen LogP contribution in [0, 0.1) is 0 Å². The minimum absolute atomic E-state index is 0. The third-order valence-corrected chi connectivity index (χ3v) is 5.43. The molecule has 1 atom stereocenters. The summed E-state index contributed by atoms with van der Waals surface area (Å²) in [6.07, 6.45) is 2.04. The lowest BCUT2D eigenvalue weighted by Gasteiger charge is -2.37. The molecule has 1 heterocycles. The fourth-order valence-electron chi connectivity index (χ4n) is 3.57. The minimum atomic E-state index is -1.35. The van der Waals surface area contributed by atoms with Crippen molar-refractivity contribution in [1.29, 1.82) is 0 Å². The molecule has 31 heavy (non-hydrogen) atoms. The van der Waals surface area contributed by atoms with E-state index in [1.807, 2.05) is 24.3 Å². The maximum absolute atomic E-state index is 11.7. The van der Waals surface area contributed by atoms with Crippen LogP contribution >= 0.6 is 24.8 Å². The van der Waals surface area contributed by atoms with Crippen LogP contribution in [-0.2, 0) is 4.79 Å². The van der Waals surface area contributed by atoms with E-state index in [2.05, 4.69) is 9.80 Å². The van der Waals surface area contributed by atoms with Crippen LogP contribution in [0.1, 0.15) is 25.7 Å². The summed E-state index contributed by atoms with van der Waals surface area (Å²) in [5, 5.41) is 27.3. The van der Waals surface area contributed by atoms with E-state index in [-0.39, 0.29) is 36.6 Å². The number of hydrogen-bond acceptors (Lipinski definition) is 7. The van der Waals surface area contributed by atoms with Crippen LogP contribution in [-0.4, -0.2) is 84.0 Å². The zero-order chi connectivity index (χ0) is 20.6. The van der Waals surface area contributed by atoms with E-state index >= 15 is 0 Å². The Labute approximate surface area is 196 Å². The first kappa shape index (κ1) is 31.9. The maximum atomic E-state index is 11.7. The number of nitrogens with two attached hydrogens (primary N) is 1. The zero-order valence-corrected chi connectivity index (χ0v) is 19.5. The fraction of sp³-hybridized carbons (Fsp3) is 0.632. The number of anilines is 1. The molecule has 0 aliphatic carbocycles. The van der Waals surface area contributed by atoms with Crippen LogP contribution in [0.4, 0.5) is 5.69 Å². The lowest BCUT2D eigenvalue weighted by atomic mass is 9.81. The molecule has 1 fully saturated rings. The van der Waals surface area contributed by atoms with Crippen molar-refractivity contribution in [2.75, 3.05) is 44.7 Å². The van der Waals surface area contributed by atoms with Crippen molar-refractivity contribution in [2.24, 2.45) is 5.73 Å². The van der Waals surface area contributed by atoms with E-state index in [4.69, 9.17) is 20.5 Å². The molecular formula is C19H36BCl2N3O6. The van der Waals surface area contributed by atoms with E-state index in [1.165, 1.54) is 0 Å². The Morgan fingerprint density at radius 1 is 1.13 bits per heavy atom. The number of hydrogen-bond donors (Lipinski definition) is 4. The molecule has 1 aliphatic rings. The zero-order valence-electron chi connectivity index (χ0n) is 17.9. The predicted molar refractivity (Wildman–Crippen MR) is 128 cm³/mol. The molecule has 1 aromatic carbocycles. The molecular weight excluding hydrogens is 448 g/mol. The standard InChI is InChI=1S/C19H32BN3O5.2ClH.H2O/c1-28-17-7-3-2-6-16(17)23-14-12-22(13-15-23)11-9-19(21,18(24)25)8-4-5-10-20(26)27;;;/h2-3,6-7,26-27H,4-5,8-15,21H2,1H3,(H,24,25);2*1H;1H2. The second-order valence-electron chi connectivity index (χ2n) is 7.44. The van der Waals surface area contributed by atoms with E-state index in [0.717, 1.165) is 37.6 Å². The molecule has 180 valence electrons. The quantitative estimate of drug-likeness (QED) is 0.264. The second kappa shape index (κ2) is 15.5. The van der Waals surface area contributed by atoms with Gasteiger partial charge in [0.15, 0.2) is 0 Å². The van der Waals surface area contributed by atoms with Crippen LogP contribution in [0.5, 0.6) is 5.75 Å². The maximum Gasteiger partial charge on any atom is 0.451 e. The van der Waals surface area contributed by atoms with Gasteiger partial charge in [-0.15, -0.1) is 24.8 Å². The molecule has 12 heteroatoms. The topological polar surface area (TPSA) is 151 Å². The van der Waals surface area contributed by atoms with Gasteiger partial charge in [-0.25, -0.2) is 0 Å².